The number of nitrogens with zero attached hydrogens (tertiary/aromatic N) is 2. The van der Waals surface area contributed by atoms with E-state index >= 15 is 0 Å². The second-order valence-corrected chi connectivity index (χ2v) is 6.45. The molecule has 0 spiro atoms. The molecule has 0 amide bonds. The minimum Gasteiger partial charge on any atom is -0.388 e. The Morgan fingerprint density at radius 3 is 2.71 bits per heavy atom. The number of aliphatic hydroxyl groups excluding tert-OH is 1. The van der Waals surface area contributed by atoms with Gasteiger partial charge in [0, 0.05) is 22.7 Å². The fourth-order valence-corrected chi connectivity index (χ4v) is 3.47. The molecule has 3 nitrogen and oxygen atoms in total. The van der Waals surface area contributed by atoms with Crippen molar-refractivity contribution in [3.05, 3.63) is 51.8 Å². The molecule has 21 heavy (non-hydrogen) atoms. The van der Waals surface area contributed by atoms with Crippen LogP contribution >= 0.6 is 23.2 Å². The summed E-state index contributed by atoms with van der Waals surface area (Å²) in [5.74, 6) is 0. The zero-order valence-corrected chi connectivity index (χ0v) is 13.2. The highest BCUT2D eigenvalue weighted by molar-refractivity contribution is 6.35. The van der Waals surface area contributed by atoms with E-state index in [1.807, 2.05) is 16.9 Å². The van der Waals surface area contributed by atoms with E-state index in [0.717, 1.165) is 5.69 Å². The van der Waals surface area contributed by atoms with Gasteiger partial charge in [-0.1, -0.05) is 42.1 Å². The fraction of sp³-hybridized carbons (Fsp3) is 0.438. The first-order valence-corrected chi connectivity index (χ1v) is 8.06. The Labute approximate surface area is 134 Å². The molecule has 1 saturated carbocycles. The molecule has 1 heterocycles. The van der Waals surface area contributed by atoms with Gasteiger partial charge >= 0.3 is 0 Å². The third-order valence-corrected chi connectivity index (χ3v) is 4.65. The van der Waals surface area contributed by atoms with E-state index in [1.54, 1.807) is 18.2 Å². The summed E-state index contributed by atoms with van der Waals surface area (Å²) in [6, 6.07) is 7.66. The Hall–Kier alpha value is -1.03. The Morgan fingerprint density at radius 2 is 2.00 bits per heavy atom. The normalized spacial score (nSPS) is 17.3. The lowest BCUT2D eigenvalue weighted by atomic mass is 10.1. The molecule has 0 saturated heterocycles. The maximum absolute atomic E-state index is 10.3. The zero-order valence-electron chi connectivity index (χ0n) is 11.7. The van der Waals surface area contributed by atoms with Gasteiger partial charge in [0.2, 0.25) is 0 Å². The summed E-state index contributed by atoms with van der Waals surface area (Å²) in [6.07, 6.45) is 6.77. The van der Waals surface area contributed by atoms with Crippen LogP contribution < -0.4 is 0 Å². The summed E-state index contributed by atoms with van der Waals surface area (Å²) in [5.41, 5.74) is 1.58. The Kier molecular flexibility index (Phi) is 4.53. The molecule has 5 heteroatoms. The van der Waals surface area contributed by atoms with Crippen molar-refractivity contribution in [2.45, 2.75) is 44.2 Å². The lowest BCUT2D eigenvalue weighted by Crippen LogP contribution is -2.07. The Morgan fingerprint density at radius 1 is 1.24 bits per heavy atom. The van der Waals surface area contributed by atoms with Crippen LogP contribution in [0.1, 0.15) is 49.1 Å². The van der Waals surface area contributed by atoms with Crippen LogP contribution in [0.5, 0.6) is 0 Å². The molecule has 1 unspecified atom stereocenters. The smallest absolute Gasteiger partial charge is 0.0860 e. The average molecular weight is 325 g/mol. The van der Waals surface area contributed by atoms with Gasteiger partial charge in [-0.2, -0.15) is 5.10 Å². The van der Waals surface area contributed by atoms with Crippen LogP contribution in [0, 0.1) is 0 Å². The molecule has 1 aliphatic carbocycles. The lowest BCUT2D eigenvalue weighted by molar-refractivity contribution is 0.177. The SMILES string of the molecule is OC(Cc1ccn(C2CCCC2)n1)c1ccc(Cl)cc1Cl. The van der Waals surface area contributed by atoms with E-state index in [4.69, 9.17) is 23.2 Å². The van der Waals surface area contributed by atoms with Crippen molar-refractivity contribution >= 4 is 23.2 Å². The topological polar surface area (TPSA) is 38.0 Å². The van der Waals surface area contributed by atoms with Crippen molar-refractivity contribution in [3.8, 4) is 0 Å². The van der Waals surface area contributed by atoms with E-state index in [-0.39, 0.29) is 0 Å². The van der Waals surface area contributed by atoms with E-state index in [1.165, 1.54) is 25.7 Å². The summed E-state index contributed by atoms with van der Waals surface area (Å²) >= 11 is 12.0. The van der Waals surface area contributed by atoms with Crippen LogP contribution in [0.15, 0.2) is 30.5 Å². The van der Waals surface area contributed by atoms with Crippen LogP contribution in [0.2, 0.25) is 10.0 Å². The predicted octanol–water partition coefficient (Wildman–Crippen LogP) is 4.58. The van der Waals surface area contributed by atoms with Crippen LogP contribution in [-0.4, -0.2) is 14.9 Å². The van der Waals surface area contributed by atoms with Crippen molar-refractivity contribution in [1.29, 1.82) is 0 Å². The van der Waals surface area contributed by atoms with Crippen molar-refractivity contribution in [1.82, 2.24) is 9.78 Å². The first-order chi connectivity index (χ1) is 10.1. The van der Waals surface area contributed by atoms with Crippen molar-refractivity contribution in [2.24, 2.45) is 0 Å². The van der Waals surface area contributed by atoms with E-state index in [2.05, 4.69) is 5.10 Å². The first kappa shape index (κ1) is 14.9. The van der Waals surface area contributed by atoms with Gasteiger partial charge < -0.3 is 5.11 Å². The predicted molar refractivity (Wildman–Crippen MR) is 84.9 cm³/mol. The minimum absolute atomic E-state index is 0.459. The van der Waals surface area contributed by atoms with Gasteiger partial charge in [-0.05, 0) is 36.6 Å². The van der Waals surface area contributed by atoms with Gasteiger partial charge in [0.1, 0.15) is 0 Å². The monoisotopic (exact) mass is 324 g/mol. The molecular formula is C16H18Cl2N2O. The molecule has 2 aromatic rings. The number of aliphatic hydroxyl groups is 1. The van der Waals surface area contributed by atoms with Gasteiger partial charge in [0.05, 0.1) is 17.8 Å². The van der Waals surface area contributed by atoms with Gasteiger partial charge in [-0.3, -0.25) is 4.68 Å². The summed E-state index contributed by atoms with van der Waals surface area (Å²) in [6.45, 7) is 0. The molecule has 112 valence electrons. The highest BCUT2D eigenvalue weighted by Crippen LogP contribution is 2.30. The maximum atomic E-state index is 10.3. The average Bonchev–Trinajstić information content (AvgIpc) is 3.08. The van der Waals surface area contributed by atoms with Crippen LogP contribution in [0.25, 0.3) is 0 Å². The maximum Gasteiger partial charge on any atom is 0.0860 e. The second-order valence-electron chi connectivity index (χ2n) is 5.61. The Bertz CT molecular complexity index is 620. The first-order valence-electron chi connectivity index (χ1n) is 7.30. The van der Waals surface area contributed by atoms with Crippen molar-refractivity contribution < 1.29 is 5.11 Å². The third-order valence-electron chi connectivity index (χ3n) is 4.09. The Balaban J connectivity index is 1.70. The zero-order chi connectivity index (χ0) is 14.8. The standard InChI is InChI=1S/C16H18Cl2N2O/c17-11-5-6-14(15(18)9-11)16(21)10-12-7-8-20(19-12)13-3-1-2-4-13/h5-9,13,16,21H,1-4,10H2. The van der Waals surface area contributed by atoms with Gasteiger partial charge in [0.15, 0.2) is 0 Å². The highest BCUT2D eigenvalue weighted by Gasteiger charge is 2.19. The molecule has 1 atom stereocenters. The molecule has 1 aromatic carbocycles. The van der Waals surface area contributed by atoms with Gasteiger partial charge in [-0.15, -0.1) is 0 Å². The number of hydrogen-bond donors (Lipinski definition) is 1. The number of rotatable bonds is 4. The number of aromatic nitrogens is 2. The summed E-state index contributed by atoms with van der Waals surface area (Å²) in [5, 5.41) is 16.0. The second kappa shape index (κ2) is 6.39. The molecule has 0 aliphatic heterocycles. The largest absolute Gasteiger partial charge is 0.388 e. The minimum atomic E-state index is -0.665. The number of hydrogen-bond acceptors (Lipinski definition) is 2. The van der Waals surface area contributed by atoms with Crippen LogP contribution in [0.4, 0.5) is 0 Å². The van der Waals surface area contributed by atoms with E-state index < -0.39 is 6.10 Å². The molecule has 3 rings (SSSR count). The number of halogens is 2. The summed E-state index contributed by atoms with van der Waals surface area (Å²) in [7, 11) is 0. The summed E-state index contributed by atoms with van der Waals surface area (Å²) < 4.78 is 2.04. The van der Waals surface area contributed by atoms with Crippen molar-refractivity contribution in [3.63, 3.8) is 0 Å². The lowest BCUT2D eigenvalue weighted by Gasteiger charge is -2.12. The van der Waals surface area contributed by atoms with E-state index in [0.29, 0.717) is 28.1 Å². The van der Waals surface area contributed by atoms with Gasteiger partial charge in [0.25, 0.3) is 0 Å². The molecular weight excluding hydrogens is 307 g/mol. The molecule has 0 bridgehead atoms. The molecule has 1 aliphatic rings. The quantitative estimate of drug-likeness (QED) is 0.893. The molecule has 1 aromatic heterocycles. The van der Waals surface area contributed by atoms with Gasteiger partial charge in [-0.25, -0.2) is 0 Å². The summed E-state index contributed by atoms with van der Waals surface area (Å²) in [4.78, 5) is 0. The highest BCUT2D eigenvalue weighted by atomic mass is 35.5. The van der Waals surface area contributed by atoms with Crippen molar-refractivity contribution in [2.75, 3.05) is 0 Å². The molecule has 1 fully saturated rings. The third kappa shape index (κ3) is 3.42. The fourth-order valence-electron chi connectivity index (χ4n) is 2.94. The molecule has 1 N–H and O–H groups in total. The van der Waals surface area contributed by atoms with Crippen LogP contribution in [0.3, 0.4) is 0 Å². The molecule has 0 radical (unpaired) electrons. The van der Waals surface area contributed by atoms with E-state index in [9.17, 15) is 5.11 Å². The van der Waals surface area contributed by atoms with Crippen LogP contribution in [-0.2, 0) is 6.42 Å². The number of benzene rings is 1.